The first kappa shape index (κ1) is 10.4. The fourth-order valence-corrected chi connectivity index (χ4v) is 1.29. The third kappa shape index (κ3) is 2.48. The van der Waals surface area contributed by atoms with Crippen molar-refractivity contribution in [2.45, 2.75) is 6.61 Å². The lowest BCUT2D eigenvalue weighted by atomic mass is 10.2. The molecule has 0 aliphatic rings. The minimum absolute atomic E-state index is 0.103. The normalized spacial score (nSPS) is 10.1. The maximum absolute atomic E-state index is 13.1. The number of phenols is 1. The van der Waals surface area contributed by atoms with Gasteiger partial charge in [0.05, 0.1) is 0 Å². The summed E-state index contributed by atoms with van der Waals surface area (Å²) in [6, 6.07) is 9.72. The van der Waals surface area contributed by atoms with Crippen LogP contribution in [0, 0.1) is 5.95 Å². The van der Waals surface area contributed by atoms with Crippen LogP contribution in [-0.4, -0.2) is 10.1 Å². The Morgan fingerprint density at radius 2 is 2.12 bits per heavy atom. The minimum Gasteiger partial charge on any atom is -0.508 e. The van der Waals surface area contributed by atoms with Gasteiger partial charge in [-0.1, -0.05) is 12.1 Å². The molecule has 82 valence electrons. The molecule has 1 aromatic heterocycles. The number of aromatic nitrogens is 1. The third-order valence-corrected chi connectivity index (χ3v) is 2.03. The predicted molar refractivity (Wildman–Crippen MR) is 56.6 cm³/mol. The van der Waals surface area contributed by atoms with Gasteiger partial charge in [0.15, 0.2) is 5.75 Å². The van der Waals surface area contributed by atoms with Crippen LogP contribution in [0.4, 0.5) is 4.39 Å². The molecular weight excluding hydrogens is 209 g/mol. The molecule has 3 nitrogen and oxygen atoms in total. The summed E-state index contributed by atoms with van der Waals surface area (Å²) in [4.78, 5) is 3.47. The van der Waals surface area contributed by atoms with Gasteiger partial charge in [-0.25, -0.2) is 4.98 Å². The lowest BCUT2D eigenvalue weighted by molar-refractivity contribution is 0.285. The Kier molecular flexibility index (Phi) is 3.00. The molecule has 0 amide bonds. The highest BCUT2D eigenvalue weighted by Gasteiger charge is 2.03. The Labute approximate surface area is 92.1 Å². The van der Waals surface area contributed by atoms with Crippen LogP contribution in [0.5, 0.6) is 11.5 Å². The van der Waals surface area contributed by atoms with E-state index in [1.165, 1.54) is 12.3 Å². The molecule has 4 heteroatoms. The molecule has 0 unspecified atom stereocenters. The highest BCUT2D eigenvalue weighted by atomic mass is 19.1. The lowest BCUT2D eigenvalue weighted by Crippen LogP contribution is -1.98. The maximum Gasteiger partial charge on any atom is 0.255 e. The van der Waals surface area contributed by atoms with Crippen molar-refractivity contribution >= 4 is 0 Å². The van der Waals surface area contributed by atoms with Gasteiger partial charge < -0.3 is 9.84 Å². The highest BCUT2D eigenvalue weighted by Crippen LogP contribution is 2.16. The van der Waals surface area contributed by atoms with E-state index in [1.807, 2.05) is 0 Å². The van der Waals surface area contributed by atoms with Gasteiger partial charge in [-0.05, 0) is 29.8 Å². The Bertz CT molecular complexity index is 488. The predicted octanol–water partition coefficient (Wildman–Crippen LogP) is 2.51. The summed E-state index contributed by atoms with van der Waals surface area (Å²) in [5.41, 5.74) is 0.767. The van der Waals surface area contributed by atoms with Crippen molar-refractivity contribution in [3.05, 3.63) is 54.1 Å². The summed E-state index contributed by atoms with van der Waals surface area (Å²) in [7, 11) is 0. The summed E-state index contributed by atoms with van der Waals surface area (Å²) in [6.07, 6.45) is 1.36. The minimum atomic E-state index is -0.636. The zero-order chi connectivity index (χ0) is 11.4. The number of phenolic OH excluding ortho intramolecular Hbond substituents is 1. The largest absolute Gasteiger partial charge is 0.508 e. The number of pyridine rings is 1. The summed E-state index contributed by atoms with van der Waals surface area (Å²) < 4.78 is 18.3. The van der Waals surface area contributed by atoms with Crippen molar-refractivity contribution in [2.24, 2.45) is 0 Å². The Hall–Kier alpha value is -2.10. The summed E-state index contributed by atoms with van der Waals surface area (Å²) in [5.74, 6) is -0.374. The molecule has 2 rings (SSSR count). The maximum atomic E-state index is 13.1. The molecule has 2 aromatic rings. The Balaban J connectivity index is 2.05. The number of hydrogen-bond donors (Lipinski definition) is 1. The molecule has 0 radical (unpaired) electrons. The second kappa shape index (κ2) is 4.61. The highest BCUT2D eigenvalue weighted by molar-refractivity contribution is 5.27. The Morgan fingerprint density at radius 3 is 2.88 bits per heavy atom. The van der Waals surface area contributed by atoms with Crippen molar-refractivity contribution in [2.75, 3.05) is 0 Å². The van der Waals surface area contributed by atoms with E-state index in [1.54, 1.807) is 30.3 Å². The first-order valence-corrected chi connectivity index (χ1v) is 4.77. The van der Waals surface area contributed by atoms with Gasteiger partial charge in [-0.15, -0.1) is 0 Å². The van der Waals surface area contributed by atoms with Crippen LogP contribution in [0.1, 0.15) is 5.56 Å². The van der Waals surface area contributed by atoms with Gasteiger partial charge in [0.25, 0.3) is 5.95 Å². The average molecular weight is 219 g/mol. The number of nitrogens with zero attached hydrogens (tertiary/aromatic N) is 1. The molecule has 0 saturated heterocycles. The number of benzene rings is 1. The molecule has 1 N–H and O–H groups in total. The zero-order valence-electron chi connectivity index (χ0n) is 8.43. The van der Waals surface area contributed by atoms with E-state index in [-0.39, 0.29) is 18.1 Å². The van der Waals surface area contributed by atoms with Crippen LogP contribution in [-0.2, 0) is 6.61 Å². The first-order valence-electron chi connectivity index (χ1n) is 4.77. The van der Waals surface area contributed by atoms with Gasteiger partial charge in [0.1, 0.15) is 12.4 Å². The standard InChI is InChI=1S/C12H10FNO2/c13-12-11(5-2-6-14-12)16-8-9-3-1-4-10(15)7-9/h1-7,15H,8H2. The second-order valence-electron chi connectivity index (χ2n) is 3.25. The van der Waals surface area contributed by atoms with Crippen molar-refractivity contribution < 1.29 is 14.2 Å². The zero-order valence-corrected chi connectivity index (χ0v) is 8.43. The molecule has 0 saturated carbocycles. The fraction of sp³-hybridized carbons (Fsp3) is 0.0833. The lowest BCUT2D eigenvalue weighted by Gasteiger charge is -2.06. The molecule has 1 heterocycles. The van der Waals surface area contributed by atoms with E-state index in [0.717, 1.165) is 5.56 Å². The smallest absolute Gasteiger partial charge is 0.255 e. The molecular formula is C12H10FNO2. The van der Waals surface area contributed by atoms with E-state index in [4.69, 9.17) is 4.74 Å². The van der Waals surface area contributed by atoms with Crippen LogP contribution >= 0.6 is 0 Å². The summed E-state index contributed by atoms with van der Waals surface area (Å²) in [5, 5.41) is 9.22. The van der Waals surface area contributed by atoms with E-state index in [9.17, 15) is 9.50 Å². The van der Waals surface area contributed by atoms with E-state index < -0.39 is 5.95 Å². The monoisotopic (exact) mass is 219 g/mol. The van der Waals surface area contributed by atoms with E-state index >= 15 is 0 Å². The molecule has 0 atom stereocenters. The number of ether oxygens (including phenoxy) is 1. The quantitative estimate of drug-likeness (QED) is 0.806. The molecule has 0 fully saturated rings. The Morgan fingerprint density at radius 1 is 1.25 bits per heavy atom. The van der Waals surface area contributed by atoms with E-state index in [2.05, 4.69) is 4.98 Å². The van der Waals surface area contributed by atoms with Crippen molar-refractivity contribution in [1.29, 1.82) is 0 Å². The van der Waals surface area contributed by atoms with Crippen molar-refractivity contribution in [3.8, 4) is 11.5 Å². The summed E-state index contributed by atoms with van der Waals surface area (Å²) in [6.45, 7) is 0.191. The van der Waals surface area contributed by atoms with Crippen LogP contribution < -0.4 is 4.74 Å². The fourth-order valence-electron chi connectivity index (χ4n) is 1.29. The number of halogens is 1. The van der Waals surface area contributed by atoms with E-state index in [0.29, 0.717) is 0 Å². The number of hydrogen-bond acceptors (Lipinski definition) is 3. The van der Waals surface area contributed by atoms with Crippen molar-refractivity contribution in [3.63, 3.8) is 0 Å². The van der Waals surface area contributed by atoms with Crippen molar-refractivity contribution in [1.82, 2.24) is 4.98 Å². The molecule has 0 aliphatic heterocycles. The van der Waals surface area contributed by atoms with Gasteiger partial charge in [0, 0.05) is 6.20 Å². The summed E-state index contributed by atoms with van der Waals surface area (Å²) >= 11 is 0. The van der Waals surface area contributed by atoms with Crippen LogP contribution in [0.25, 0.3) is 0 Å². The second-order valence-corrected chi connectivity index (χ2v) is 3.25. The molecule has 0 aliphatic carbocycles. The molecule has 1 aromatic carbocycles. The third-order valence-electron chi connectivity index (χ3n) is 2.03. The molecule has 16 heavy (non-hydrogen) atoms. The van der Waals surface area contributed by atoms with Crippen LogP contribution in [0.3, 0.4) is 0 Å². The van der Waals surface area contributed by atoms with Gasteiger partial charge in [0.2, 0.25) is 0 Å². The first-order chi connectivity index (χ1) is 7.75. The molecule has 0 spiro atoms. The van der Waals surface area contributed by atoms with Crippen LogP contribution in [0.15, 0.2) is 42.6 Å². The number of aromatic hydroxyl groups is 1. The van der Waals surface area contributed by atoms with Gasteiger partial charge >= 0.3 is 0 Å². The van der Waals surface area contributed by atoms with Gasteiger partial charge in [-0.3, -0.25) is 0 Å². The van der Waals surface area contributed by atoms with Gasteiger partial charge in [-0.2, -0.15) is 4.39 Å². The van der Waals surface area contributed by atoms with Crippen LogP contribution in [0.2, 0.25) is 0 Å². The number of rotatable bonds is 3. The SMILES string of the molecule is Oc1cccc(COc2cccnc2F)c1. The molecule has 0 bridgehead atoms. The average Bonchev–Trinajstić information content (AvgIpc) is 2.28. The topological polar surface area (TPSA) is 42.4 Å².